The van der Waals surface area contributed by atoms with Crippen molar-refractivity contribution in [2.24, 2.45) is 0 Å². The van der Waals surface area contributed by atoms with Gasteiger partial charge in [-0.05, 0) is 6.42 Å². The van der Waals surface area contributed by atoms with Gasteiger partial charge in [0, 0.05) is 0 Å². The molecule has 0 fully saturated rings. The van der Waals surface area contributed by atoms with E-state index in [1.54, 1.807) is 6.92 Å². The van der Waals surface area contributed by atoms with Gasteiger partial charge in [-0.1, -0.05) is 12.1 Å². The van der Waals surface area contributed by atoms with Crippen molar-refractivity contribution < 1.29 is 8.42 Å². The van der Waals surface area contributed by atoms with E-state index in [1.165, 1.54) is 5.40 Å². The minimum atomic E-state index is -3.87. The average molecular weight is 186 g/mol. The second kappa shape index (κ2) is 2.91. The average Bonchev–Trinajstić information content (AvgIpc) is 2.52. The van der Waals surface area contributed by atoms with Crippen molar-refractivity contribution in [3.05, 3.63) is 5.69 Å². The van der Waals surface area contributed by atoms with Crippen molar-refractivity contribution in [1.29, 1.82) is 5.26 Å². The Morgan fingerprint density at radius 2 is 2.33 bits per heavy atom. The largest absolute Gasteiger partial charge is 0.288 e. The van der Waals surface area contributed by atoms with E-state index < -0.39 is 9.84 Å². The van der Waals surface area contributed by atoms with Crippen LogP contribution in [0.4, 0.5) is 0 Å². The highest BCUT2D eigenvalue weighted by atomic mass is 32.2. The molecule has 0 saturated carbocycles. The smallest absolute Gasteiger partial charge is 0.246 e. The normalized spacial score (nSPS) is 11.0. The summed E-state index contributed by atoms with van der Waals surface area (Å²) in [6, 6.07) is 0. The fourth-order valence-corrected chi connectivity index (χ4v) is 1.48. The Kier molecular flexibility index (Phi) is 2.10. The number of hydrogen-bond acceptors (Lipinski definition) is 5. The predicted molar refractivity (Wildman–Crippen MR) is 38.6 cm³/mol. The van der Waals surface area contributed by atoms with Crippen molar-refractivity contribution in [2.75, 3.05) is 0 Å². The van der Waals surface area contributed by atoms with Gasteiger partial charge in [0.2, 0.25) is 5.40 Å². The highest BCUT2D eigenvalue weighted by molar-refractivity contribution is 7.95. The summed E-state index contributed by atoms with van der Waals surface area (Å²) in [5.74, 6) is 0. The van der Waals surface area contributed by atoms with Gasteiger partial charge in [-0.2, -0.15) is 5.26 Å². The minimum Gasteiger partial charge on any atom is -0.246 e. The van der Waals surface area contributed by atoms with Gasteiger partial charge in [0.15, 0.2) is 5.03 Å². The standard InChI is InChI=1S/C5H6N4O2S/c1-2-4-5(8-9-7-4)12(10,11)3-6/h2H2,1H3,(H,7,8,9). The van der Waals surface area contributed by atoms with E-state index >= 15 is 0 Å². The molecule has 1 aromatic heterocycles. The van der Waals surface area contributed by atoms with Crippen LogP contribution in [0.1, 0.15) is 12.6 Å². The fraction of sp³-hybridized carbons (Fsp3) is 0.400. The van der Waals surface area contributed by atoms with Crippen LogP contribution >= 0.6 is 0 Å². The summed E-state index contributed by atoms with van der Waals surface area (Å²) in [7, 11) is -3.87. The maximum Gasteiger partial charge on any atom is 0.288 e. The van der Waals surface area contributed by atoms with Crippen LogP contribution in [-0.2, 0) is 16.3 Å². The van der Waals surface area contributed by atoms with E-state index in [2.05, 4.69) is 15.4 Å². The predicted octanol–water partition coefficient (Wildman–Crippen LogP) is -0.378. The van der Waals surface area contributed by atoms with Gasteiger partial charge in [0.05, 0.1) is 0 Å². The minimum absolute atomic E-state index is 0.201. The summed E-state index contributed by atoms with van der Waals surface area (Å²) in [6.07, 6.45) is 0.423. The number of aromatic amines is 1. The molecule has 1 rings (SSSR count). The second-order valence-corrected chi connectivity index (χ2v) is 3.63. The number of H-pyrrole nitrogens is 1. The van der Waals surface area contributed by atoms with Gasteiger partial charge in [0.1, 0.15) is 5.69 Å². The molecule has 0 bridgehead atoms. The van der Waals surface area contributed by atoms with E-state index in [-0.39, 0.29) is 10.7 Å². The molecule has 0 aliphatic heterocycles. The first-order valence-corrected chi connectivity index (χ1v) is 4.66. The number of thiocyanates is 1. The summed E-state index contributed by atoms with van der Waals surface area (Å²) in [4.78, 5) is 0. The molecule has 0 aromatic carbocycles. The SMILES string of the molecule is CCc1nn[nH]c1S(=O)(=O)C#N. The monoisotopic (exact) mass is 186 g/mol. The van der Waals surface area contributed by atoms with Crippen molar-refractivity contribution in [3.63, 3.8) is 0 Å². The van der Waals surface area contributed by atoms with Gasteiger partial charge < -0.3 is 0 Å². The number of nitrogens with zero attached hydrogens (tertiary/aromatic N) is 3. The van der Waals surface area contributed by atoms with Gasteiger partial charge in [-0.15, -0.1) is 5.10 Å². The second-order valence-electron chi connectivity index (χ2n) is 2.04. The maximum atomic E-state index is 11.0. The van der Waals surface area contributed by atoms with Crippen LogP contribution in [0.5, 0.6) is 0 Å². The molecule has 0 unspecified atom stereocenters. The lowest BCUT2D eigenvalue weighted by Crippen LogP contribution is -2.00. The van der Waals surface area contributed by atoms with Gasteiger partial charge in [0.25, 0.3) is 9.84 Å². The number of nitrogens with one attached hydrogen (secondary N) is 1. The molecule has 1 aromatic rings. The van der Waals surface area contributed by atoms with Crippen molar-refractivity contribution >= 4 is 9.84 Å². The summed E-state index contributed by atoms with van der Waals surface area (Å²) in [5.41, 5.74) is 0.288. The highest BCUT2D eigenvalue weighted by Crippen LogP contribution is 2.09. The molecule has 6 nitrogen and oxygen atoms in total. The Labute approximate surface area is 69.1 Å². The number of aromatic nitrogens is 3. The zero-order chi connectivity index (χ0) is 9.19. The van der Waals surface area contributed by atoms with Gasteiger partial charge >= 0.3 is 0 Å². The van der Waals surface area contributed by atoms with Crippen LogP contribution in [0.3, 0.4) is 0 Å². The maximum absolute atomic E-state index is 11.0. The van der Waals surface area contributed by atoms with Crippen LogP contribution in [0.25, 0.3) is 0 Å². The first-order chi connectivity index (χ1) is 5.61. The Morgan fingerprint density at radius 1 is 1.67 bits per heavy atom. The van der Waals surface area contributed by atoms with E-state index in [4.69, 9.17) is 5.26 Å². The quantitative estimate of drug-likeness (QED) is 0.501. The Balaban J connectivity index is 3.31. The topological polar surface area (TPSA) is 99.5 Å². The molecule has 1 heterocycles. The number of rotatable bonds is 2. The first-order valence-electron chi connectivity index (χ1n) is 3.17. The Morgan fingerprint density at radius 3 is 2.83 bits per heavy atom. The van der Waals surface area contributed by atoms with Crippen LogP contribution in [0.2, 0.25) is 0 Å². The molecule has 0 amide bonds. The summed E-state index contributed by atoms with van der Waals surface area (Å²) < 4.78 is 21.9. The lowest BCUT2D eigenvalue weighted by Gasteiger charge is -1.90. The Hall–Kier alpha value is -1.42. The van der Waals surface area contributed by atoms with Crippen molar-refractivity contribution in [1.82, 2.24) is 15.4 Å². The molecule has 0 saturated heterocycles. The molecule has 7 heteroatoms. The van der Waals surface area contributed by atoms with E-state index in [0.29, 0.717) is 6.42 Å². The molecule has 0 atom stereocenters. The Bertz CT molecular complexity index is 413. The van der Waals surface area contributed by atoms with Gasteiger partial charge in [-0.25, -0.2) is 13.5 Å². The van der Waals surface area contributed by atoms with E-state index in [1.807, 2.05) is 0 Å². The van der Waals surface area contributed by atoms with E-state index in [0.717, 1.165) is 0 Å². The summed E-state index contributed by atoms with van der Waals surface area (Å²) >= 11 is 0. The molecule has 0 radical (unpaired) electrons. The lowest BCUT2D eigenvalue weighted by atomic mass is 10.4. The molecular weight excluding hydrogens is 180 g/mol. The summed E-state index contributed by atoms with van der Waals surface area (Å²) in [5, 5.41) is 18.2. The van der Waals surface area contributed by atoms with E-state index in [9.17, 15) is 8.42 Å². The molecular formula is C5H6N4O2S. The zero-order valence-corrected chi connectivity index (χ0v) is 7.09. The molecule has 0 spiro atoms. The van der Waals surface area contributed by atoms with Crippen LogP contribution in [-0.4, -0.2) is 23.8 Å². The van der Waals surface area contributed by atoms with Crippen molar-refractivity contribution in [2.45, 2.75) is 18.4 Å². The third-order valence-electron chi connectivity index (χ3n) is 1.31. The first kappa shape index (κ1) is 8.67. The van der Waals surface area contributed by atoms with Crippen LogP contribution in [0.15, 0.2) is 5.03 Å². The fourth-order valence-electron chi connectivity index (χ4n) is 0.733. The zero-order valence-electron chi connectivity index (χ0n) is 6.27. The number of hydrogen-bond donors (Lipinski definition) is 1. The van der Waals surface area contributed by atoms with Crippen LogP contribution in [0, 0.1) is 10.7 Å². The molecule has 0 aliphatic carbocycles. The van der Waals surface area contributed by atoms with Crippen molar-refractivity contribution in [3.8, 4) is 5.40 Å². The number of sulfone groups is 1. The summed E-state index contributed by atoms with van der Waals surface area (Å²) in [6.45, 7) is 1.73. The lowest BCUT2D eigenvalue weighted by molar-refractivity contribution is 0.600. The van der Waals surface area contributed by atoms with Gasteiger partial charge in [-0.3, -0.25) is 0 Å². The van der Waals surface area contributed by atoms with Crippen LogP contribution < -0.4 is 0 Å². The highest BCUT2D eigenvalue weighted by Gasteiger charge is 2.20. The number of aryl methyl sites for hydroxylation is 1. The molecule has 64 valence electrons. The molecule has 12 heavy (non-hydrogen) atoms. The third kappa shape index (κ3) is 1.29. The molecule has 0 aliphatic rings. The molecule has 1 N–H and O–H groups in total. The third-order valence-corrected chi connectivity index (χ3v) is 2.41. The number of nitriles is 1.